The Morgan fingerprint density at radius 2 is 2.37 bits per heavy atom. The van der Waals surface area contributed by atoms with Gasteiger partial charge < -0.3 is 15.0 Å². The van der Waals surface area contributed by atoms with E-state index in [1.807, 2.05) is 5.48 Å². The molecule has 0 spiro atoms. The fourth-order valence-electron chi connectivity index (χ4n) is 2.33. The average Bonchev–Trinajstić information content (AvgIpc) is 3.09. The molecule has 3 aromatic rings. The van der Waals surface area contributed by atoms with Crippen LogP contribution in [0.2, 0.25) is 5.02 Å². The molecule has 0 unspecified atom stereocenters. The van der Waals surface area contributed by atoms with Gasteiger partial charge in [0, 0.05) is 15.6 Å². The molecule has 1 aromatic heterocycles. The standard InChI is InChI=1S/C17H15BrClFN4O3/c1-24-8-21-16-13(24)7-10(17(26)23-27-5-4-25)15(14(16)20)22-12-3-2-9(18)6-11(12)19/h2-3,6-8,22,25H,4-5H2,1H3,(H,23,26)/i1D3,4D2. The molecule has 0 fully saturated rings. The summed E-state index contributed by atoms with van der Waals surface area (Å²) in [6, 6.07) is 5.78. The topological polar surface area (TPSA) is 88.4 Å². The van der Waals surface area contributed by atoms with E-state index < -0.39 is 31.9 Å². The minimum atomic E-state index is -2.73. The lowest BCUT2D eigenvalue weighted by molar-refractivity contribution is 0.0169. The van der Waals surface area contributed by atoms with E-state index in [2.05, 4.69) is 31.1 Å². The third kappa shape index (κ3) is 4.06. The van der Waals surface area contributed by atoms with E-state index in [1.54, 1.807) is 6.07 Å². The van der Waals surface area contributed by atoms with Crippen molar-refractivity contribution in [3.05, 3.63) is 51.5 Å². The Kier molecular flexibility index (Phi) is 4.23. The number of aryl methyl sites for hydroxylation is 1. The zero-order chi connectivity index (χ0) is 23.8. The van der Waals surface area contributed by atoms with Crippen LogP contribution in [-0.2, 0) is 11.8 Å². The number of hydroxylamine groups is 1. The number of fused-ring (bicyclic) bond motifs is 1. The van der Waals surface area contributed by atoms with Crippen molar-refractivity contribution in [1.82, 2.24) is 15.0 Å². The fourth-order valence-corrected chi connectivity index (χ4v) is 3.05. The highest BCUT2D eigenvalue weighted by Crippen LogP contribution is 2.34. The molecule has 27 heavy (non-hydrogen) atoms. The molecule has 10 heteroatoms. The lowest BCUT2D eigenvalue weighted by atomic mass is 10.1. The van der Waals surface area contributed by atoms with Crippen LogP contribution < -0.4 is 10.8 Å². The van der Waals surface area contributed by atoms with Gasteiger partial charge in [-0.2, -0.15) is 0 Å². The first-order valence-corrected chi connectivity index (χ1v) is 8.51. The van der Waals surface area contributed by atoms with E-state index in [-0.39, 0.29) is 33.0 Å². The third-order valence-corrected chi connectivity index (χ3v) is 4.33. The van der Waals surface area contributed by atoms with Crippen LogP contribution in [0, 0.1) is 5.82 Å². The summed E-state index contributed by atoms with van der Waals surface area (Å²) in [7, 11) is 0. The van der Waals surface area contributed by atoms with Crippen LogP contribution in [0.5, 0.6) is 0 Å². The molecule has 3 N–H and O–H groups in total. The summed E-state index contributed by atoms with van der Waals surface area (Å²) in [4.78, 5) is 21.2. The van der Waals surface area contributed by atoms with Crippen molar-refractivity contribution in [2.24, 2.45) is 6.98 Å². The largest absolute Gasteiger partial charge is 0.394 e. The number of carbonyl (C=O) groups excluding carboxylic acids is 1. The molecule has 0 saturated carbocycles. The number of aromatic nitrogens is 2. The number of amides is 1. The molecule has 0 aliphatic rings. The van der Waals surface area contributed by atoms with Crippen LogP contribution in [0.15, 0.2) is 35.1 Å². The Hall–Kier alpha value is -2.20. The second-order valence-corrected chi connectivity index (χ2v) is 6.55. The number of benzene rings is 2. The molecule has 1 amide bonds. The van der Waals surface area contributed by atoms with Crippen molar-refractivity contribution < 1.29 is 26.0 Å². The van der Waals surface area contributed by atoms with E-state index in [0.29, 0.717) is 4.47 Å². The van der Waals surface area contributed by atoms with Gasteiger partial charge in [-0.1, -0.05) is 27.5 Å². The quantitative estimate of drug-likeness (QED) is 0.488. The number of imidazole rings is 1. The molecular weight excluding hydrogens is 443 g/mol. The third-order valence-electron chi connectivity index (χ3n) is 3.52. The summed E-state index contributed by atoms with van der Waals surface area (Å²) in [5.41, 5.74) is 0.899. The van der Waals surface area contributed by atoms with E-state index in [9.17, 15) is 4.79 Å². The van der Waals surface area contributed by atoms with Gasteiger partial charge in [-0.15, -0.1) is 0 Å². The van der Waals surface area contributed by atoms with E-state index >= 15 is 4.39 Å². The SMILES string of the molecule is [2H]C([2H])(O)CONC(=O)c1cc2c(ncn2C([2H])([2H])[2H])c(F)c1Nc1ccc(Br)cc1Cl. The van der Waals surface area contributed by atoms with Gasteiger partial charge in [0.1, 0.15) is 5.52 Å². The van der Waals surface area contributed by atoms with Crippen LogP contribution >= 0.6 is 27.5 Å². The Morgan fingerprint density at radius 3 is 3.07 bits per heavy atom. The second-order valence-electron chi connectivity index (χ2n) is 5.22. The van der Waals surface area contributed by atoms with Gasteiger partial charge in [-0.05, 0) is 24.3 Å². The maximum atomic E-state index is 15.4. The number of anilines is 2. The average molecular weight is 463 g/mol. The maximum Gasteiger partial charge on any atom is 0.277 e. The molecule has 0 saturated heterocycles. The normalized spacial score (nSPS) is 14.7. The molecule has 3 rings (SSSR count). The number of rotatable bonds is 6. The van der Waals surface area contributed by atoms with E-state index in [4.69, 9.17) is 23.6 Å². The van der Waals surface area contributed by atoms with Crippen molar-refractivity contribution in [3.63, 3.8) is 0 Å². The molecule has 0 atom stereocenters. The number of hydrogen-bond acceptors (Lipinski definition) is 5. The summed E-state index contributed by atoms with van der Waals surface area (Å²) < 4.78 is 53.6. The number of carbonyl (C=O) groups is 1. The number of nitrogens with zero attached hydrogens (tertiary/aromatic N) is 2. The van der Waals surface area contributed by atoms with Gasteiger partial charge in [0.2, 0.25) is 0 Å². The lowest BCUT2D eigenvalue weighted by Crippen LogP contribution is -2.26. The van der Waals surface area contributed by atoms with Gasteiger partial charge in [0.25, 0.3) is 5.91 Å². The first-order chi connectivity index (χ1) is 14.8. The summed E-state index contributed by atoms with van der Waals surface area (Å²) >= 11 is 9.42. The highest BCUT2D eigenvalue weighted by atomic mass is 79.9. The molecule has 2 aromatic carbocycles. The highest BCUT2D eigenvalue weighted by molar-refractivity contribution is 9.10. The lowest BCUT2D eigenvalue weighted by Gasteiger charge is -2.15. The summed E-state index contributed by atoms with van der Waals surface area (Å²) in [5, 5.41) is 12.0. The molecule has 0 radical (unpaired) electrons. The molecule has 0 aliphatic heterocycles. The van der Waals surface area contributed by atoms with E-state index in [1.165, 1.54) is 12.1 Å². The molecule has 142 valence electrons. The Bertz CT molecular complexity index is 1190. The summed E-state index contributed by atoms with van der Waals surface area (Å²) in [6.45, 7) is -6.32. The van der Waals surface area contributed by atoms with Crippen LogP contribution in [0.1, 0.15) is 17.2 Å². The number of aliphatic hydroxyl groups is 1. The molecule has 0 aliphatic carbocycles. The molecular formula is C17H15BrClFN4O3. The van der Waals surface area contributed by atoms with Crippen molar-refractivity contribution in [1.29, 1.82) is 0 Å². The van der Waals surface area contributed by atoms with Gasteiger partial charge in [0.05, 0.1) is 49.7 Å². The summed E-state index contributed by atoms with van der Waals surface area (Å²) in [6.07, 6.45) is 0.926. The van der Waals surface area contributed by atoms with Gasteiger partial charge in [0.15, 0.2) is 5.82 Å². The zero-order valence-electron chi connectivity index (χ0n) is 18.4. The van der Waals surface area contributed by atoms with Crippen LogP contribution in [0.3, 0.4) is 0 Å². The number of hydrogen-bond donors (Lipinski definition) is 3. The van der Waals surface area contributed by atoms with Gasteiger partial charge in [-0.25, -0.2) is 14.9 Å². The van der Waals surface area contributed by atoms with E-state index in [0.717, 1.165) is 17.0 Å². The van der Waals surface area contributed by atoms with Crippen molar-refractivity contribution in [3.8, 4) is 0 Å². The second kappa shape index (κ2) is 8.22. The van der Waals surface area contributed by atoms with Crippen molar-refractivity contribution >= 4 is 55.8 Å². The van der Waals surface area contributed by atoms with Crippen LogP contribution in [0.4, 0.5) is 15.8 Å². The minimum absolute atomic E-state index is 0.183. The van der Waals surface area contributed by atoms with Crippen LogP contribution in [-0.4, -0.2) is 33.7 Å². The Balaban J connectivity index is 2.11. The van der Waals surface area contributed by atoms with Crippen LogP contribution in [0.25, 0.3) is 11.0 Å². The summed E-state index contributed by atoms with van der Waals surface area (Å²) in [5.74, 6) is -2.06. The predicted molar refractivity (Wildman–Crippen MR) is 104 cm³/mol. The smallest absolute Gasteiger partial charge is 0.277 e. The van der Waals surface area contributed by atoms with Gasteiger partial charge in [-0.3, -0.25) is 9.63 Å². The molecule has 1 heterocycles. The Labute approximate surface area is 174 Å². The first kappa shape index (κ1) is 13.9. The van der Waals surface area contributed by atoms with Gasteiger partial charge >= 0.3 is 0 Å². The zero-order valence-corrected chi connectivity index (χ0v) is 15.7. The first-order valence-electron chi connectivity index (χ1n) is 9.84. The maximum absolute atomic E-state index is 15.4. The fraction of sp³-hybridized carbons (Fsp3) is 0.176. The number of halogens is 3. The minimum Gasteiger partial charge on any atom is -0.394 e. The highest BCUT2D eigenvalue weighted by Gasteiger charge is 2.22. The van der Waals surface area contributed by atoms with Crippen molar-refractivity contribution in [2.75, 3.05) is 18.5 Å². The monoisotopic (exact) mass is 461 g/mol. The predicted octanol–water partition coefficient (Wildman–Crippen LogP) is 3.53. The van der Waals surface area contributed by atoms with Crippen molar-refractivity contribution in [2.45, 2.75) is 0 Å². The Morgan fingerprint density at radius 1 is 1.56 bits per heavy atom. The molecule has 0 bridgehead atoms. The molecule has 7 nitrogen and oxygen atoms in total. The number of nitrogens with one attached hydrogen (secondary N) is 2.